The lowest BCUT2D eigenvalue weighted by atomic mass is 10.2. The predicted octanol–water partition coefficient (Wildman–Crippen LogP) is 0.0600. The molecule has 0 aliphatic carbocycles. The van der Waals surface area contributed by atoms with Gasteiger partial charge in [-0.25, -0.2) is 13.6 Å². The van der Waals surface area contributed by atoms with Crippen molar-refractivity contribution in [2.45, 2.75) is 5.75 Å². The van der Waals surface area contributed by atoms with Crippen LogP contribution < -0.4 is 10.5 Å². The zero-order valence-electron chi connectivity index (χ0n) is 9.34. The third-order valence-corrected chi connectivity index (χ3v) is 2.62. The van der Waals surface area contributed by atoms with E-state index >= 15 is 0 Å². The molecule has 0 aliphatic rings. The Morgan fingerprint density at radius 1 is 1.35 bits per heavy atom. The minimum atomic E-state index is -3.53. The first-order valence-corrected chi connectivity index (χ1v) is 6.50. The van der Waals surface area contributed by atoms with Gasteiger partial charge in [-0.2, -0.15) is 0 Å². The standard InChI is InChI=1S/C10H14N2O4S/c1-16-6-10(13)12-9-4-2-8(3-5-9)7-17(11,14)15/h2-5H,6-7H2,1H3,(H,12,13)(H2,11,14,15). The van der Waals surface area contributed by atoms with Gasteiger partial charge in [0.05, 0.1) is 5.75 Å². The summed E-state index contributed by atoms with van der Waals surface area (Å²) in [5, 5.41) is 7.50. The second kappa shape index (κ2) is 5.76. The number of carbonyl (C=O) groups excluding carboxylic acids is 1. The monoisotopic (exact) mass is 258 g/mol. The van der Waals surface area contributed by atoms with Gasteiger partial charge in [-0.15, -0.1) is 0 Å². The van der Waals surface area contributed by atoms with Crippen LogP contribution in [0.15, 0.2) is 24.3 Å². The van der Waals surface area contributed by atoms with Crippen LogP contribution in [0.3, 0.4) is 0 Å². The SMILES string of the molecule is COCC(=O)Nc1ccc(CS(N)(=O)=O)cc1. The number of sulfonamides is 1. The number of benzene rings is 1. The fraction of sp³-hybridized carbons (Fsp3) is 0.300. The molecule has 0 radical (unpaired) electrons. The Labute approximate surface area is 99.8 Å². The van der Waals surface area contributed by atoms with E-state index in [2.05, 4.69) is 10.1 Å². The van der Waals surface area contributed by atoms with Crippen LogP contribution in [0.2, 0.25) is 0 Å². The summed E-state index contributed by atoms with van der Waals surface area (Å²) in [5.41, 5.74) is 1.14. The molecule has 94 valence electrons. The summed E-state index contributed by atoms with van der Waals surface area (Å²) in [5.74, 6) is -0.494. The molecule has 0 spiro atoms. The number of anilines is 1. The van der Waals surface area contributed by atoms with Crippen LogP contribution >= 0.6 is 0 Å². The summed E-state index contributed by atoms with van der Waals surface area (Å²) in [6, 6.07) is 6.39. The Hall–Kier alpha value is -1.44. The molecule has 1 aromatic carbocycles. The summed E-state index contributed by atoms with van der Waals surface area (Å²) in [6.45, 7) is -0.0288. The van der Waals surface area contributed by atoms with Gasteiger partial charge in [0.25, 0.3) is 0 Å². The maximum absolute atomic E-state index is 11.2. The van der Waals surface area contributed by atoms with Crippen molar-refractivity contribution < 1.29 is 17.9 Å². The number of methoxy groups -OCH3 is 1. The average Bonchev–Trinajstić information content (AvgIpc) is 2.19. The quantitative estimate of drug-likeness (QED) is 0.780. The molecule has 3 N–H and O–H groups in total. The number of carbonyl (C=O) groups is 1. The number of rotatable bonds is 5. The lowest BCUT2D eigenvalue weighted by Crippen LogP contribution is -2.17. The summed E-state index contributed by atoms with van der Waals surface area (Å²) >= 11 is 0. The van der Waals surface area contributed by atoms with E-state index in [-0.39, 0.29) is 18.3 Å². The van der Waals surface area contributed by atoms with Crippen LogP contribution in [0.1, 0.15) is 5.56 Å². The third-order valence-electron chi connectivity index (χ3n) is 1.88. The molecular weight excluding hydrogens is 244 g/mol. The van der Waals surface area contributed by atoms with Crippen LogP contribution in [-0.4, -0.2) is 28.0 Å². The van der Waals surface area contributed by atoms with Crippen molar-refractivity contribution in [3.05, 3.63) is 29.8 Å². The van der Waals surface area contributed by atoms with Gasteiger partial charge >= 0.3 is 0 Å². The third kappa shape index (κ3) is 5.43. The number of nitrogens with one attached hydrogen (secondary N) is 1. The maximum atomic E-state index is 11.2. The van der Waals surface area contributed by atoms with E-state index in [0.717, 1.165) is 0 Å². The molecule has 0 aromatic heterocycles. The first kappa shape index (κ1) is 13.6. The minimum Gasteiger partial charge on any atom is -0.375 e. The van der Waals surface area contributed by atoms with E-state index in [1.165, 1.54) is 7.11 Å². The molecule has 0 fully saturated rings. The molecule has 17 heavy (non-hydrogen) atoms. The molecule has 6 nitrogen and oxygen atoms in total. The van der Waals surface area contributed by atoms with E-state index in [1.54, 1.807) is 24.3 Å². The number of primary sulfonamides is 1. The van der Waals surface area contributed by atoms with Gasteiger partial charge in [0.1, 0.15) is 6.61 Å². The van der Waals surface area contributed by atoms with E-state index in [9.17, 15) is 13.2 Å². The summed E-state index contributed by atoms with van der Waals surface area (Å²) in [6.07, 6.45) is 0. The first-order valence-electron chi connectivity index (χ1n) is 4.79. The highest BCUT2D eigenvalue weighted by Gasteiger charge is 2.05. The van der Waals surface area contributed by atoms with Gasteiger partial charge in [0, 0.05) is 12.8 Å². The van der Waals surface area contributed by atoms with Crippen molar-refractivity contribution in [2.75, 3.05) is 19.0 Å². The van der Waals surface area contributed by atoms with Crippen LogP contribution in [-0.2, 0) is 25.3 Å². The molecule has 0 saturated carbocycles. The topological polar surface area (TPSA) is 98.5 Å². The average molecular weight is 258 g/mol. The van der Waals surface area contributed by atoms with Gasteiger partial charge < -0.3 is 10.1 Å². The zero-order chi connectivity index (χ0) is 12.9. The van der Waals surface area contributed by atoms with Gasteiger partial charge in [0.15, 0.2) is 0 Å². The lowest BCUT2D eigenvalue weighted by molar-refractivity contribution is -0.119. The second-order valence-corrected chi connectivity index (χ2v) is 5.10. The molecule has 0 unspecified atom stereocenters. The molecule has 0 saturated heterocycles. The highest BCUT2D eigenvalue weighted by Crippen LogP contribution is 2.11. The molecular formula is C10H14N2O4S. The largest absolute Gasteiger partial charge is 0.375 e. The van der Waals surface area contributed by atoms with Gasteiger partial charge in [-0.1, -0.05) is 12.1 Å². The van der Waals surface area contributed by atoms with E-state index in [1.807, 2.05) is 0 Å². The molecule has 0 atom stereocenters. The first-order chi connectivity index (χ1) is 7.90. The Morgan fingerprint density at radius 2 is 1.94 bits per heavy atom. The summed E-state index contributed by atoms with van der Waals surface area (Å²) in [7, 11) is -2.10. The molecule has 0 heterocycles. The number of amides is 1. The highest BCUT2D eigenvalue weighted by molar-refractivity contribution is 7.88. The molecule has 0 aliphatic heterocycles. The molecule has 1 rings (SSSR count). The van der Waals surface area contributed by atoms with Crippen molar-refractivity contribution >= 4 is 21.6 Å². The fourth-order valence-electron chi connectivity index (χ4n) is 1.24. The summed E-state index contributed by atoms with van der Waals surface area (Å²) in [4.78, 5) is 11.2. The van der Waals surface area contributed by atoms with Gasteiger partial charge in [0.2, 0.25) is 15.9 Å². The van der Waals surface area contributed by atoms with E-state index in [0.29, 0.717) is 11.3 Å². The van der Waals surface area contributed by atoms with Gasteiger partial charge in [-0.05, 0) is 17.7 Å². The van der Waals surface area contributed by atoms with Crippen LogP contribution in [0, 0.1) is 0 Å². The van der Waals surface area contributed by atoms with Crippen LogP contribution in [0.25, 0.3) is 0 Å². The van der Waals surface area contributed by atoms with Crippen molar-refractivity contribution in [1.82, 2.24) is 0 Å². The fourth-order valence-corrected chi connectivity index (χ4v) is 1.90. The van der Waals surface area contributed by atoms with Crippen LogP contribution in [0.4, 0.5) is 5.69 Å². The molecule has 1 amide bonds. The number of hydrogen-bond acceptors (Lipinski definition) is 4. The van der Waals surface area contributed by atoms with Gasteiger partial charge in [-0.3, -0.25) is 4.79 Å². The second-order valence-electron chi connectivity index (χ2n) is 3.49. The van der Waals surface area contributed by atoms with Crippen molar-refractivity contribution in [3.63, 3.8) is 0 Å². The van der Waals surface area contributed by atoms with E-state index in [4.69, 9.17) is 5.14 Å². The maximum Gasteiger partial charge on any atom is 0.250 e. The minimum absolute atomic E-state index is 0.0288. The molecule has 1 aromatic rings. The van der Waals surface area contributed by atoms with Crippen molar-refractivity contribution in [2.24, 2.45) is 5.14 Å². The smallest absolute Gasteiger partial charge is 0.250 e. The Morgan fingerprint density at radius 3 is 2.41 bits per heavy atom. The number of hydrogen-bond donors (Lipinski definition) is 2. The molecule has 0 bridgehead atoms. The predicted molar refractivity (Wildman–Crippen MR) is 63.8 cm³/mol. The number of ether oxygens (including phenoxy) is 1. The van der Waals surface area contributed by atoms with E-state index < -0.39 is 10.0 Å². The Bertz CT molecular complexity index is 482. The highest BCUT2D eigenvalue weighted by atomic mass is 32.2. The normalized spacial score (nSPS) is 11.2. The van der Waals surface area contributed by atoms with Crippen molar-refractivity contribution in [1.29, 1.82) is 0 Å². The summed E-state index contributed by atoms with van der Waals surface area (Å²) < 4.78 is 26.3. The number of nitrogens with two attached hydrogens (primary N) is 1. The Balaban J connectivity index is 2.65. The Kier molecular flexibility index (Phi) is 4.62. The zero-order valence-corrected chi connectivity index (χ0v) is 10.2. The van der Waals surface area contributed by atoms with Crippen molar-refractivity contribution in [3.8, 4) is 0 Å². The lowest BCUT2D eigenvalue weighted by Gasteiger charge is -2.05. The van der Waals surface area contributed by atoms with Crippen LogP contribution in [0.5, 0.6) is 0 Å². The molecule has 7 heteroatoms.